The first-order chi connectivity index (χ1) is 6.45. The average molecular weight is 197 g/mol. The van der Waals surface area contributed by atoms with Crippen molar-refractivity contribution in [3.63, 3.8) is 0 Å². The Morgan fingerprint density at radius 1 is 0.929 bits per heavy atom. The van der Waals surface area contributed by atoms with Crippen LogP contribution >= 0.6 is 0 Å². The molecule has 0 spiro atoms. The first-order valence-electron chi connectivity index (χ1n) is 5.80. The van der Waals surface area contributed by atoms with Gasteiger partial charge in [0.25, 0.3) is 0 Å². The summed E-state index contributed by atoms with van der Waals surface area (Å²) in [6, 6.07) is 0. The molecule has 0 heterocycles. The van der Waals surface area contributed by atoms with E-state index >= 15 is 0 Å². The van der Waals surface area contributed by atoms with Crippen LogP contribution < -0.4 is 0 Å². The fourth-order valence-electron chi connectivity index (χ4n) is 1.74. The van der Waals surface area contributed by atoms with Gasteiger partial charge in [0.1, 0.15) is 0 Å². The smallest absolute Gasteiger partial charge is 0.00418 e. The normalized spacial score (nSPS) is 14.0. The molecule has 0 aliphatic heterocycles. The largest absolute Gasteiger partial charge is 0.302 e. The highest BCUT2D eigenvalue weighted by molar-refractivity contribution is 4.78. The van der Waals surface area contributed by atoms with Crippen LogP contribution in [0, 0.1) is 17.8 Å². The number of rotatable bonds is 7. The van der Waals surface area contributed by atoms with Crippen LogP contribution in [0.4, 0.5) is 0 Å². The van der Waals surface area contributed by atoms with E-state index in [-0.39, 0.29) is 0 Å². The fourth-order valence-corrected chi connectivity index (χ4v) is 1.74. The molecule has 0 aromatic rings. The molecule has 0 saturated carbocycles. The molecule has 1 atom stereocenters. The summed E-state index contributed by atoms with van der Waals surface area (Å²) in [4.78, 5) is 2.56. The lowest BCUT2D eigenvalue weighted by Gasteiger charge is -2.27. The second kappa shape index (κ2) is 7.05. The van der Waals surface area contributed by atoms with Gasteiger partial charge in [0.2, 0.25) is 0 Å². The minimum absolute atomic E-state index is 0.604. The highest BCUT2D eigenvalue weighted by Gasteiger charge is 2.11. The van der Waals surface area contributed by atoms with E-state index in [1.807, 2.05) is 6.08 Å². The van der Waals surface area contributed by atoms with Crippen molar-refractivity contribution in [3.05, 3.63) is 12.7 Å². The molecule has 0 aliphatic carbocycles. The average Bonchev–Trinajstić information content (AvgIpc) is 2.01. The molecule has 0 saturated heterocycles. The van der Waals surface area contributed by atoms with Gasteiger partial charge in [-0.25, -0.2) is 0 Å². The molecule has 0 aliphatic rings. The Bertz CT molecular complexity index is 139. The van der Waals surface area contributed by atoms with E-state index in [4.69, 9.17) is 0 Å². The highest BCUT2D eigenvalue weighted by Crippen LogP contribution is 2.07. The van der Waals surface area contributed by atoms with Crippen LogP contribution in [0.5, 0.6) is 0 Å². The van der Waals surface area contributed by atoms with Gasteiger partial charge in [0.15, 0.2) is 0 Å². The minimum atomic E-state index is 0.604. The SMILES string of the molecule is C=C[C@@H](C)CN(CC(C)C)CC(C)C. The Hall–Kier alpha value is -0.300. The van der Waals surface area contributed by atoms with Crippen molar-refractivity contribution in [2.24, 2.45) is 17.8 Å². The summed E-state index contributed by atoms with van der Waals surface area (Å²) in [7, 11) is 0. The van der Waals surface area contributed by atoms with Gasteiger partial charge in [-0.05, 0) is 17.8 Å². The molecule has 0 radical (unpaired) electrons. The number of hydrogen-bond donors (Lipinski definition) is 0. The predicted octanol–water partition coefficient (Wildman–Crippen LogP) is 3.42. The van der Waals surface area contributed by atoms with Gasteiger partial charge in [-0.2, -0.15) is 0 Å². The second-order valence-corrected chi connectivity index (χ2v) is 5.22. The summed E-state index contributed by atoms with van der Waals surface area (Å²) in [6.07, 6.45) is 2.05. The lowest BCUT2D eigenvalue weighted by molar-refractivity contribution is 0.204. The molecule has 0 aromatic carbocycles. The maximum atomic E-state index is 3.85. The van der Waals surface area contributed by atoms with E-state index in [9.17, 15) is 0 Å². The highest BCUT2D eigenvalue weighted by atomic mass is 15.1. The third-order valence-electron chi connectivity index (χ3n) is 2.20. The first-order valence-corrected chi connectivity index (χ1v) is 5.80. The molecule has 0 aromatic heterocycles. The van der Waals surface area contributed by atoms with E-state index in [0.717, 1.165) is 18.4 Å². The minimum Gasteiger partial charge on any atom is -0.302 e. The van der Waals surface area contributed by atoms with E-state index in [2.05, 4.69) is 46.1 Å². The molecular weight excluding hydrogens is 170 g/mol. The number of nitrogens with zero attached hydrogens (tertiary/aromatic N) is 1. The van der Waals surface area contributed by atoms with E-state index in [0.29, 0.717) is 5.92 Å². The molecule has 0 unspecified atom stereocenters. The van der Waals surface area contributed by atoms with E-state index < -0.39 is 0 Å². The molecule has 0 bridgehead atoms. The van der Waals surface area contributed by atoms with Crippen LogP contribution in [0.1, 0.15) is 34.6 Å². The lowest BCUT2D eigenvalue weighted by atomic mass is 10.1. The Morgan fingerprint density at radius 3 is 1.64 bits per heavy atom. The maximum Gasteiger partial charge on any atom is 0.00418 e. The van der Waals surface area contributed by atoms with Crippen LogP contribution in [0.3, 0.4) is 0 Å². The third kappa shape index (κ3) is 7.14. The maximum absolute atomic E-state index is 3.85. The van der Waals surface area contributed by atoms with Crippen molar-refractivity contribution in [3.8, 4) is 0 Å². The molecule has 84 valence electrons. The first kappa shape index (κ1) is 13.7. The van der Waals surface area contributed by atoms with Gasteiger partial charge in [0.05, 0.1) is 0 Å². The number of hydrogen-bond acceptors (Lipinski definition) is 1. The van der Waals surface area contributed by atoms with Crippen LogP contribution in [-0.4, -0.2) is 24.5 Å². The quantitative estimate of drug-likeness (QED) is 0.565. The van der Waals surface area contributed by atoms with Crippen molar-refractivity contribution in [2.45, 2.75) is 34.6 Å². The van der Waals surface area contributed by atoms with Crippen LogP contribution in [0.15, 0.2) is 12.7 Å². The Balaban J connectivity index is 4.02. The molecule has 1 heteroatoms. The van der Waals surface area contributed by atoms with Gasteiger partial charge in [-0.1, -0.05) is 40.7 Å². The molecule has 0 amide bonds. The second-order valence-electron chi connectivity index (χ2n) is 5.22. The summed E-state index contributed by atoms with van der Waals surface area (Å²) in [5.74, 6) is 2.11. The molecule has 0 rings (SSSR count). The topological polar surface area (TPSA) is 3.24 Å². The van der Waals surface area contributed by atoms with Gasteiger partial charge in [0, 0.05) is 19.6 Å². The Labute approximate surface area is 90.2 Å². The van der Waals surface area contributed by atoms with Gasteiger partial charge < -0.3 is 4.90 Å². The van der Waals surface area contributed by atoms with Crippen LogP contribution in [0.2, 0.25) is 0 Å². The van der Waals surface area contributed by atoms with Crippen LogP contribution in [-0.2, 0) is 0 Å². The zero-order chi connectivity index (χ0) is 11.1. The van der Waals surface area contributed by atoms with Crippen molar-refractivity contribution >= 4 is 0 Å². The van der Waals surface area contributed by atoms with Crippen molar-refractivity contribution in [1.29, 1.82) is 0 Å². The summed E-state index contributed by atoms with van der Waals surface area (Å²) < 4.78 is 0. The summed E-state index contributed by atoms with van der Waals surface area (Å²) >= 11 is 0. The molecular formula is C13H27N. The standard InChI is InChI=1S/C13H27N/c1-7-13(6)10-14(8-11(2)3)9-12(4)5/h7,11-13H,1,8-10H2,2-6H3/t13-/m1/s1. The predicted molar refractivity (Wildman–Crippen MR) is 65.5 cm³/mol. The van der Waals surface area contributed by atoms with Gasteiger partial charge in [-0.3, -0.25) is 0 Å². The summed E-state index contributed by atoms with van der Waals surface area (Å²) in [6.45, 7) is 18.8. The van der Waals surface area contributed by atoms with Crippen molar-refractivity contribution in [1.82, 2.24) is 4.90 Å². The third-order valence-corrected chi connectivity index (χ3v) is 2.20. The van der Waals surface area contributed by atoms with Crippen molar-refractivity contribution in [2.75, 3.05) is 19.6 Å². The Kier molecular flexibility index (Phi) is 6.90. The molecule has 1 nitrogen and oxygen atoms in total. The van der Waals surface area contributed by atoms with Crippen LogP contribution in [0.25, 0.3) is 0 Å². The summed E-state index contributed by atoms with van der Waals surface area (Å²) in [5, 5.41) is 0. The van der Waals surface area contributed by atoms with Gasteiger partial charge in [-0.15, -0.1) is 6.58 Å². The monoisotopic (exact) mass is 197 g/mol. The fraction of sp³-hybridized carbons (Fsp3) is 0.846. The molecule has 14 heavy (non-hydrogen) atoms. The Morgan fingerprint density at radius 2 is 1.36 bits per heavy atom. The molecule has 0 N–H and O–H groups in total. The molecule has 0 fully saturated rings. The zero-order valence-electron chi connectivity index (χ0n) is 10.6. The lowest BCUT2D eigenvalue weighted by Crippen LogP contribution is -2.34. The zero-order valence-corrected chi connectivity index (χ0v) is 10.6. The van der Waals surface area contributed by atoms with Gasteiger partial charge >= 0.3 is 0 Å². The summed E-state index contributed by atoms with van der Waals surface area (Å²) in [5.41, 5.74) is 0. The van der Waals surface area contributed by atoms with E-state index in [1.54, 1.807) is 0 Å². The van der Waals surface area contributed by atoms with Crippen molar-refractivity contribution < 1.29 is 0 Å². The van der Waals surface area contributed by atoms with E-state index in [1.165, 1.54) is 13.1 Å².